The van der Waals surface area contributed by atoms with Gasteiger partial charge < -0.3 is 4.74 Å². The van der Waals surface area contributed by atoms with E-state index < -0.39 is 5.56 Å². The van der Waals surface area contributed by atoms with Gasteiger partial charge in [0.2, 0.25) is 0 Å². The Balaban J connectivity index is 3.32. The molecule has 0 spiro atoms. The maximum Gasteiger partial charge on any atom is 0.189 e. The van der Waals surface area contributed by atoms with Crippen LogP contribution in [0.5, 0.6) is 0 Å². The molecule has 0 aliphatic carbocycles. The van der Waals surface area contributed by atoms with Crippen molar-refractivity contribution in [2.75, 3.05) is 6.61 Å². The first kappa shape index (κ1) is 7.92. The number of hydrogen-bond acceptors (Lipinski definition) is 2. The predicted molar refractivity (Wildman–Crippen MR) is 31.9 cm³/mol. The van der Waals surface area contributed by atoms with Gasteiger partial charge in [0.15, 0.2) is 11.3 Å². The highest BCUT2D eigenvalue weighted by Crippen LogP contribution is 1.97. The molecule has 0 aromatic heterocycles. The third kappa shape index (κ3) is 2.99. The Labute approximate surface area is 53.8 Å². The molecule has 0 aliphatic heterocycles. The monoisotopic (exact) mass is 136 g/mol. The van der Waals surface area contributed by atoms with Gasteiger partial charge in [-0.05, 0) is 13.8 Å². The van der Waals surface area contributed by atoms with Crippen molar-refractivity contribution < 1.29 is 9.53 Å². The molecule has 3 heteroatoms. The lowest BCUT2D eigenvalue weighted by atomic mass is 10.5. The Bertz CT molecular complexity index is 82.5. The maximum atomic E-state index is 10.3. The quantitative estimate of drug-likeness (QED) is 0.545. The molecule has 8 heavy (non-hydrogen) atoms. The number of Topliss-reactive ketones (excluding diaryl/α,β-unsaturated/α-hetero) is 1. The highest BCUT2D eigenvalue weighted by molar-refractivity contribution is 6.29. The van der Waals surface area contributed by atoms with Crippen molar-refractivity contribution in [1.82, 2.24) is 0 Å². The summed E-state index contributed by atoms with van der Waals surface area (Å²) < 4.78 is 4.72. The van der Waals surface area contributed by atoms with Crippen LogP contribution in [0, 0.1) is 0 Å². The van der Waals surface area contributed by atoms with Gasteiger partial charge in [-0.2, -0.15) is 0 Å². The number of halogens is 1. The number of carbonyl (C=O) groups is 1. The highest BCUT2D eigenvalue weighted by Gasteiger charge is 2.06. The van der Waals surface area contributed by atoms with Crippen LogP contribution in [0.2, 0.25) is 0 Å². The van der Waals surface area contributed by atoms with E-state index >= 15 is 0 Å². The van der Waals surface area contributed by atoms with Crippen LogP contribution in [0.3, 0.4) is 0 Å². The van der Waals surface area contributed by atoms with Gasteiger partial charge in [0.1, 0.15) is 0 Å². The molecule has 0 bridgehead atoms. The molecule has 0 aromatic carbocycles. The number of ether oxygens (including phenoxy) is 1. The van der Waals surface area contributed by atoms with Gasteiger partial charge in [-0.25, -0.2) is 0 Å². The second kappa shape index (κ2) is 3.87. The molecule has 0 radical (unpaired) electrons. The minimum atomic E-state index is -0.750. The first-order valence-electron chi connectivity index (χ1n) is 2.44. The first-order valence-corrected chi connectivity index (χ1v) is 2.88. The van der Waals surface area contributed by atoms with Gasteiger partial charge in [-0.1, -0.05) is 11.6 Å². The molecule has 0 rings (SSSR count). The van der Waals surface area contributed by atoms with Crippen LogP contribution >= 0.6 is 11.6 Å². The van der Waals surface area contributed by atoms with E-state index in [0.717, 1.165) is 0 Å². The van der Waals surface area contributed by atoms with Crippen LogP contribution < -0.4 is 0 Å². The molecule has 0 saturated carbocycles. The second-order valence-electron chi connectivity index (χ2n) is 1.38. The van der Waals surface area contributed by atoms with E-state index in [4.69, 9.17) is 16.3 Å². The lowest BCUT2D eigenvalue weighted by Crippen LogP contribution is -2.13. The lowest BCUT2D eigenvalue weighted by molar-refractivity contribution is -0.123. The van der Waals surface area contributed by atoms with Crippen molar-refractivity contribution in [3.05, 3.63) is 0 Å². The number of hydrogen-bond donors (Lipinski definition) is 0. The summed E-state index contributed by atoms with van der Waals surface area (Å²) in [4.78, 5) is 10.3. The summed E-state index contributed by atoms with van der Waals surface area (Å²) in [6.45, 7) is 3.67. The van der Waals surface area contributed by atoms with E-state index in [1.165, 1.54) is 6.92 Å². The van der Waals surface area contributed by atoms with Crippen LogP contribution in [0.4, 0.5) is 0 Å². The summed E-state index contributed by atoms with van der Waals surface area (Å²) in [6, 6.07) is 0. The Kier molecular flexibility index (Phi) is 3.83. The Hall–Kier alpha value is -0.0800. The molecule has 1 unspecified atom stereocenters. The van der Waals surface area contributed by atoms with Crippen LogP contribution in [-0.2, 0) is 9.53 Å². The Morgan fingerprint density at radius 1 is 1.88 bits per heavy atom. The standard InChI is InChI=1S/C5H9ClO2/c1-3-8-5(6)4(2)7/h5H,3H2,1-2H3. The molecule has 0 heterocycles. The Morgan fingerprint density at radius 2 is 2.38 bits per heavy atom. The smallest absolute Gasteiger partial charge is 0.189 e. The number of carbonyl (C=O) groups excluding carboxylic acids is 1. The average molecular weight is 137 g/mol. The van der Waals surface area contributed by atoms with Crippen molar-refractivity contribution >= 4 is 17.4 Å². The zero-order valence-electron chi connectivity index (χ0n) is 4.98. The third-order valence-electron chi connectivity index (χ3n) is 0.633. The zero-order valence-corrected chi connectivity index (χ0v) is 5.73. The van der Waals surface area contributed by atoms with Gasteiger partial charge in [-0.15, -0.1) is 0 Å². The van der Waals surface area contributed by atoms with Crippen LogP contribution in [0.15, 0.2) is 0 Å². The summed E-state index contributed by atoms with van der Waals surface area (Å²) in [7, 11) is 0. The number of alkyl halides is 1. The lowest BCUT2D eigenvalue weighted by Gasteiger charge is -2.02. The van der Waals surface area contributed by atoms with Gasteiger partial charge in [-0.3, -0.25) is 4.79 Å². The summed E-state index contributed by atoms with van der Waals surface area (Å²) in [5, 5.41) is 0. The van der Waals surface area contributed by atoms with Gasteiger partial charge in [0.25, 0.3) is 0 Å². The normalized spacial score (nSPS) is 13.4. The minimum absolute atomic E-state index is 0.145. The number of ketones is 1. The molecule has 0 aliphatic rings. The molecule has 0 amide bonds. The number of rotatable bonds is 3. The molecule has 1 atom stereocenters. The molecular weight excluding hydrogens is 128 g/mol. The minimum Gasteiger partial charge on any atom is -0.355 e. The van der Waals surface area contributed by atoms with Gasteiger partial charge in [0, 0.05) is 6.61 Å². The second-order valence-corrected chi connectivity index (χ2v) is 1.78. The summed E-state index contributed by atoms with van der Waals surface area (Å²) >= 11 is 5.34. The zero-order chi connectivity index (χ0) is 6.57. The maximum absolute atomic E-state index is 10.3. The van der Waals surface area contributed by atoms with E-state index in [1.807, 2.05) is 0 Å². The van der Waals surface area contributed by atoms with Gasteiger partial charge in [0.05, 0.1) is 0 Å². The van der Waals surface area contributed by atoms with Crippen molar-refractivity contribution in [1.29, 1.82) is 0 Å². The highest BCUT2D eigenvalue weighted by atomic mass is 35.5. The van der Waals surface area contributed by atoms with Crippen molar-refractivity contribution in [3.63, 3.8) is 0 Å². The fourth-order valence-electron chi connectivity index (χ4n) is 0.264. The summed E-state index contributed by atoms with van der Waals surface area (Å²) in [6.07, 6.45) is 0. The van der Waals surface area contributed by atoms with E-state index in [2.05, 4.69) is 0 Å². The summed E-state index contributed by atoms with van der Waals surface area (Å²) in [5.41, 5.74) is -0.750. The van der Waals surface area contributed by atoms with Crippen LogP contribution in [0.25, 0.3) is 0 Å². The van der Waals surface area contributed by atoms with E-state index in [9.17, 15) is 4.79 Å². The largest absolute Gasteiger partial charge is 0.355 e. The van der Waals surface area contributed by atoms with Crippen molar-refractivity contribution in [2.24, 2.45) is 0 Å². The molecule has 0 fully saturated rings. The molecule has 0 N–H and O–H groups in total. The van der Waals surface area contributed by atoms with Crippen molar-refractivity contribution in [2.45, 2.75) is 19.4 Å². The van der Waals surface area contributed by atoms with Gasteiger partial charge >= 0.3 is 0 Å². The molecular formula is C5H9ClO2. The fourth-order valence-corrected chi connectivity index (χ4v) is 0.390. The SMILES string of the molecule is CCOC(Cl)C(C)=O. The predicted octanol–water partition coefficient (Wildman–Crippen LogP) is 1.18. The molecule has 0 saturated heterocycles. The third-order valence-corrected chi connectivity index (χ3v) is 1.07. The molecule has 2 nitrogen and oxygen atoms in total. The molecule has 0 aromatic rings. The fraction of sp³-hybridized carbons (Fsp3) is 0.800. The van der Waals surface area contributed by atoms with Crippen LogP contribution in [0.1, 0.15) is 13.8 Å². The van der Waals surface area contributed by atoms with E-state index in [-0.39, 0.29) is 5.78 Å². The Morgan fingerprint density at radius 3 is 2.50 bits per heavy atom. The van der Waals surface area contributed by atoms with Crippen LogP contribution in [-0.4, -0.2) is 18.0 Å². The van der Waals surface area contributed by atoms with Crippen molar-refractivity contribution in [3.8, 4) is 0 Å². The summed E-state index contributed by atoms with van der Waals surface area (Å²) in [5.74, 6) is -0.145. The van der Waals surface area contributed by atoms with E-state index in [0.29, 0.717) is 6.61 Å². The van der Waals surface area contributed by atoms with E-state index in [1.54, 1.807) is 6.92 Å². The molecule has 48 valence electrons. The topological polar surface area (TPSA) is 26.3 Å². The first-order chi connectivity index (χ1) is 3.68. The average Bonchev–Trinajstić information content (AvgIpc) is 1.67.